The Labute approximate surface area is 102 Å². The van der Waals surface area contributed by atoms with E-state index in [1.807, 2.05) is 18.0 Å². The van der Waals surface area contributed by atoms with Crippen molar-refractivity contribution in [2.24, 2.45) is 0 Å². The van der Waals surface area contributed by atoms with Gasteiger partial charge in [-0.15, -0.1) is 0 Å². The molecule has 4 heteroatoms. The van der Waals surface area contributed by atoms with E-state index in [0.29, 0.717) is 6.04 Å². The van der Waals surface area contributed by atoms with Gasteiger partial charge in [0.15, 0.2) is 0 Å². The maximum atomic E-state index is 4.41. The summed E-state index contributed by atoms with van der Waals surface area (Å²) in [7, 11) is 0. The Morgan fingerprint density at radius 2 is 2.25 bits per heavy atom. The SMILES string of the molecule is CSCCNc1nccn1C1CCCCC1. The molecule has 1 aliphatic rings. The van der Waals surface area contributed by atoms with Crippen LogP contribution in [0.1, 0.15) is 38.1 Å². The van der Waals surface area contributed by atoms with Gasteiger partial charge in [-0.1, -0.05) is 19.3 Å². The van der Waals surface area contributed by atoms with Crippen LogP contribution in [0, 0.1) is 0 Å². The number of hydrogen-bond acceptors (Lipinski definition) is 3. The average Bonchev–Trinajstić information content (AvgIpc) is 2.79. The van der Waals surface area contributed by atoms with Crippen LogP contribution in [-0.2, 0) is 0 Å². The molecule has 0 aliphatic heterocycles. The summed E-state index contributed by atoms with van der Waals surface area (Å²) < 4.78 is 2.33. The maximum Gasteiger partial charge on any atom is 0.203 e. The standard InChI is InChI=1S/C12H21N3S/c1-16-10-8-14-12-13-7-9-15(12)11-5-3-2-4-6-11/h7,9,11H,2-6,8,10H2,1H3,(H,13,14). The molecule has 0 saturated heterocycles. The van der Waals surface area contributed by atoms with Crippen molar-refractivity contribution in [2.45, 2.75) is 38.1 Å². The molecule has 1 aliphatic carbocycles. The van der Waals surface area contributed by atoms with Gasteiger partial charge in [0.1, 0.15) is 0 Å². The Morgan fingerprint density at radius 1 is 1.44 bits per heavy atom. The molecule has 1 aromatic heterocycles. The molecule has 1 heterocycles. The van der Waals surface area contributed by atoms with Crippen molar-refractivity contribution in [3.8, 4) is 0 Å². The Balaban J connectivity index is 1.94. The third-order valence-electron chi connectivity index (χ3n) is 3.23. The number of aromatic nitrogens is 2. The van der Waals surface area contributed by atoms with Gasteiger partial charge in [-0.3, -0.25) is 0 Å². The minimum Gasteiger partial charge on any atom is -0.355 e. The fourth-order valence-electron chi connectivity index (χ4n) is 2.37. The lowest BCUT2D eigenvalue weighted by Gasteiger charge is -2.24. The number of anilines is 1. The lowest BCUT2D eigenvalue weighted by Crippen LogP contribution is -2.16. The highest BCUT2D eigenvalue weighted by Gasteiger charge is 2.17. The van der Waals surface area contributed by atoms with E-state index in [9.17, 15) is 0 Å². The van der Waals surface area contributed by atoms with Crippen LogP contribution >= 0.6 is 11.8 Å². The van der Waals surface area contributed by atoms with Gasteiger partial charge >= 0.3 is 0 Å². The molecule has 0 aromatic carbocycles. The first-order chi connectivity index (χ1) is 7.92. The number of rotatable bonds is 5. The van der Waals surface area contributed by atoms with E-state index in [-0.39, 0.29) is 0 Å². The van der Waals surface area contributed by atoms with Gasteiger partial charge in [0.2, 0.25) is 5.95 Å². The predicted octanol–water partition coefficient (Wildman–Crippen LogP) is 3.16. The fourth-order valence-corrected chi connectivity index (χ4v) is 2.67. The van der Waals surface area contributed by atoms with E-state index < -0.39 is 0 Å². The smallest absolute Gasteiger partial charge is 0.203 e. The number of nitrogens with zero attached hydrogens (tertiary/aromatic N) is 2. The van der Waals surface area contributed by atoms with Crippen molar-refractivity contribution in [1.82, 2.24) is 9.55 Å². The average molecular weight is 239 g/mol. The Bertz CT molecular complexity index is 305. The van der Waals surface area contributed by atoms with Crippen LogP contribution < -0.4 is 5.32 Å². The van der Waals surface area contributed by atoms with Crippen LogP contribution in [0.4, 0.5) is 5.95 Å². The van der Waals surface area contributed by atoms with E-state index in [0.717, 1.165) is 18.2 Å². The molecule has 0 atom stereocenters. The highest BCUT2D eigenvalue weighted by Crippen LogP contribution is 2.29. The number of nitrogens with one attached hydrogen (secondary N) is 1. The monoisotopic (exact) mass is 239 g/mol. The second kappa shape index (κ2) is 6.18. The number of hydrogen-bond donors (Lipinski definition) is 1. The summed E-state index contributed by atoms with van der Waals surface area (Å²) in [4.78, 5) is 4.41. The molecule has 0 spiro atoms. The summed E-state index contributed by atoms with van der Waals surface area (Å²) in [6.45, 7) is 1.00. The molecular weight excluding hydrogens is 218 g/mol. The van der Waals surface area contributed by atoms with Crippen LogP contribution in [-0.4, -0.2) is 28.1 Å². The lowest BCUT2D eigenvalue weighted by atomic mass is 9.95. The molecule has 0 radical (unpaired) electrons. The number of imidazole rings is 1. The molecule has 1 N–H and O–H groups in total. The summed E-state index contributed by atoms with van der Waals surface area (Å²) >= 11 is 1.87. The van der Waals surface area contributed by atoms with Crippen LogP contribution in [0.25, 0.3) is 0 Å². The van der Waals surface area contributed by atoms with Crippen LogP contribution in [0.2, 0.25) is 0 Å². The highest BCUT2D eigenvalue weighted by atomic mass is 32.2. The molecule has 3 nitrogen and oxygen atoms in total. The second-order valence-corrected chi connectivity index (χ2v) is 5.36. The predicted molar refractivity (Wildman–Crippen MR) is 71.2 cm³/mol. The quantitative estimate of drug-likeness (QED) is 0.800. The van der Waals surface area contributed by atoms with Crippen molar-refractivity contribution in [3.63, 3.8) is 0 Å². The van der Waals surface area contributed by atoms with Gasteiger partial charge < -0.3 is 9.88 Å². The Kier molecular flexibility index (Phi) is 4.57. The van der Waals surface area contributed by atoms with E-state index in [2.05, 4.69) is 27.3 Å². The molecule has 1 saturated carbocycles. The first kappa shape index (κ1) is 11.8. The molecule has 0 bridgehead atoms. The third-order valence-corrected chi connectivity index (χ3v) is 3.84. The topological polar surface area (TPSA) is 29.9 Å². The third kappa shape index (κ3) is 2.94. The van der Waals surface area contributed by atoms with Crippen LogP contribution in [0.3, 0.4) is 0 Å². The lowest BCUT2D eigenvalue weighted by molar-refractivity contribution is 0.356. The van der Waals surface area contributed by atoms with Crippen molar-refractivity contribution in [1.29, 1.82) is 0 Å². The van der Waals surface area contributed by atoms with E-state index in [1.165, 1.54) is 32.1 Å². The summed E-state index contributed by atoms with van der Waals surface area (Å²) in [6, 6.07) is 0.674. The molecule has 1 aromatic rings. The van der Waals surface area contributed by atoms with Gasteiger partial charge in [-0.2, -0.15) is 11.8 Å². The first-order valence-corrected chi connectivity index (χ1v) is 7.57. The van der Waals surface area contributed by atoms with Gasteiger partial charge in [-0.25, -0.2) is 4.98 Å². The molecule has 2 rings (SSSR count). The van der Waals surface area contributed by atoms with Crippen molar-refractivity contribution in [3.05, 3.63) is 12.4 Å². The van der Waals surface area contributed by atoms with Crippen molar-refractivity contribution < 1.29 is 0 Å². The van der Waals surface area contributed by atoms with Crippen molar-refractivity contribution >= 4 is 17.7 Å². The molecule has 90 valence electrons. The zero-order chi connectivity index (χ0) is 11.2. The largest absolute Gasteiger partial charge is 0.355 e. The summed E-state index contributed by atoms with van der Waals surface area (Å²) in [5.41, 5.74) is 0. The second-order valence-electron chi connectivity index (χ2n) is 4.37. The molecule has 16 heavy (non-hydrogen) atoms. The Hall–Kier alpha value is -0.640. The van der Waals surface area contributed by atoms with E-state index in [1.54, 1.807) is 0 Å². The van der Waals surface area contributed by atoms with Gasteiger partial charge in [0.05, 0.1) is 0 Å². The molecule has 0 unspecified atom stereocenters. The fraction of sp³-hybridized carbons (Fsp3) is 0.750. The minimum atomic E-state index is 0.674. The van der Waals surface area contributed by atoms with Crippen LogP contribution in [0.15, 0.2) is 12.4 Å². The maximum absolute atomic E-state index is 4.41. The zero-order valence-electron chi connectivity index (χ0n) is 9.98. The highest BCUT2D eigenvalue weighted by molar-refractivity contribution is 7.98. The summed E-state index contributed by atoms with van der Waals surface area (Å²) in [6.07, 6.45) is 12.9. The zero-order valence-corrected chi connectivity index (χ0v) is 10.8. The van der Waals surface area contributed by atoms with E-state index in [4.69, 9.17) is 0 Å². The Morgan fingerprint density at radius 3 is 3.00 bits per heavy atom. The minimum absolute atomic E-state index is 0.674. The van der Waals surface area contributed by atoms with Gasteiger partial charge in [0, 0.05) is 30.7 Å². The summed E-state index contributed by atoms with van der Waals surface area (Å²) in [5.74, 6) is 2.19. The molecule has 0 amide bonds. The molecule has 1 fully saturated rings. The summed E-state index contributed by atoms with van der Waals surface area (Å²) in [5, 5.41) is 3.42. The first-order valence-electron chi connectivity index (χ1n) is 6.17. The molecular formula is C12H21N3S. The normalized spacial score (nSPS) is 17.6. The van der Waals surface area contributed by atoms with Gasteiger partial charge in [0.25, 0.3) is 0 Å². The van der Waals surface area contributed by atoms with E-state index >= 15 is 0 Å². The number of thioether (sulfide) groups is 1. The van der Waals surface area contributed by atoms with Crippen LogP contribution in [0.5, 0.6) is 0 Å². The van der Waals surface area contributed by atoms with Crippen molar-refractivity contribution in [2.75, 3.05) is 23.9 Å². The van der Waals surface area contributed by atoms with Gasteiger partial charge in [-0.05, 0) is 19.1 Å².